The molecule has 10 aliphatic rings. The summed E-state index contributed by atoms with van der Waals surface area (Å²) in [6, 6.07) is 44.0. The number of pyridine rings is 5. The summed E-state index contributed by atoms with van der Waals surface area (Å²) in [4.78, 5) is 116. The van der Waals surface area contributed by atoms with Crippen molar-refractivity contribution < 1.29 is 69.6 Å². The van der Waals surface area contributed by atoms with Crippen LogP contribution in [-0.2, 0) is 0 Å². The van der Waals surface area contributed by atoms with E-state index in [1.807, 2.05) is 79.1 Å². The number of carbonyl (C=O) groups excluding carboxylic acids is 5. The highest BCUT2D eigenvalue weighted by Crippen LogP contribution is 2.48. The first-order valence-corrected chi connectivity index (χ1v) is 49.6. The topological polar surface area (TPSA) is 325 Å². The molecule has 5 saturated carbocycles. The number of ether oxygens (including phenoxy) is 5. The molecule has 15 atom stereocenters. The molecule has 14 aromatic rings. The Morgan fingerprint density at radius 1 is 0.308 bits per heavy atom. The van der Waals surface area contributed by atoms with Crippen LogP contribution in [-0.4, -0.2) is 222 Å². The molecule has 14 heterocycles. The van der Waals surface area contributed by atoms with E-state index in [-0.39, 0.29) is 123 Å². The number of likely N-dealkylation sites (tertiary alicyclic amines) is 5. The first-order valence-electron chi connectivity index (χ1n) is 47.2. The minimum Gasteiger partial charge on any atom is -0.472 e. The van der Waals surface area contributed by atoms with Crippen LogP contribution < -0.4 is 23.7 Å². The lowest BCUT2D eigenvalue weighted by Gasteiger charge is -2.33. The van der Waals surface area contributed by atoms with Gasteiger partial charge in [0.15, 0.2) is 11.6 Å². The number of benzene rings is 5. The number of piperidine rings is 5. The number of aryl methyl sites for hydroxylation is 3. The van der Waals surface area contributed by atoms with Crippen LogP contribution >= 0.6 is 47.8 Å². The maximum absolute atomic E-state index is 14.8. The standard InChI is InChI=1S/2C22H18BrFN4O2.2C21H20FN5O2.C19H18BrFN2O2/c23-14-5-6-19(27-11-14)30-18-10-13-9-17(18)28(12-13)22(29)15-3-1-4-16(24)20(15)21-25-7-2-8-26-21;23-14-5-6-19(27-11-14)30-18-10-13-9-17(18)28(12-13)22(29)20-15(3-1-4-16(20)24)21-25-7-2-8-26-21;1-13-2-5-20(23-11-13)29-19-9-14-8-18(19)26(12-14)21(28)16-4-3-15(22)10-17(16)27-24-6-7-25-27;1-13-5-6-19(23-11-13)29-18-10-14-9-17(18)26(12-14)21(28)20-15(22)3-2-4-16(20)27-24-7-8-25-27;1-11-5-6-17(22-9-11)25-16-8-12-7-15(16)23(10-12)19(24)13-3-2-4-14(21)18(13)20/h2*1-8,11,13,17-18H,9-10,12H2;2-7,10-11,14,18-19H,8-9,12H2,1H3;2-8,11,14,17-18H,9-10,12H2,1H3;2-6,9,12,15-16H,7-8,10H2,1H3. The summed E-state index contributed by atoms with van der Waals surface area (Å²) in [6.45, 7) is 9.14. The SMILES string of the molecule is Cc1ccc(OC2CC3CC2N(C(=O)c2c(F)cccc2-n2nccn2)C3)nc1.Cc1ccc(OC2CC3CC2N(C(=O)c2ccc(F)cc2-n2nccn2)C3)nc1.Cc1ccc(OC2CC3CC2N(C(=O)c2cccc(F)c2Br)C3)nc1.O=C(c1c(F)cccc1-c1ncccn1)N1CC2CC(Oc3ccc(Br)cn3)C1C2.O=C(c1cccc(F)c1-c1ncccn1)N1CC2CC(Oc3ccc(Br)cn3)C1C2. The van der Waals surface area contributed by atoms with Crippen molar-refractivity contribution in [2.24, 2.45) is 29.6 Å². The van der Waals surface area contributed by atoms with E-state index in [1.54, 1.807) is 131 Å². The molecule has 10 bridgehead atoms. The maximum atomic E-state index is 14.8. The van der Waals surface area contributed by atoms with Gasteiger partial charge in [0.2, 0.25) is 29.4 Å². The van der Waals surface area contributed by atoms with E-state index in [0.29, 0.717) is 126 Å². The third-order valence-corrected chi connectivity index (χ3v) is 29.5. The molecule has 5 aromatic carbocycles. The fourth-order valence-electron chi connectivity index (χ4n) is 21.4. The van der Waals surface area contributed by atoms with E-state index in [9.17, 15) is 45.9 Å². The van der Waals surface area contributed by atoms with Crippen LogP contribution in [0.15, 0.2) is 258 Å². The number of halogens is 8. The van der Waals surface area contributed by atoms with Gasteiger partial charge >= 0.3 is 0 Å². The second-order valence-corrected chi connectivity index (χ2v) is 39.9. The predicted molar refractivity (Wildman–Crippen MR) is 522 cm³/mol. The van der Waals surface area contributed by atoms with E-state index in [4.69, 9.17) is 23.7 Å². The van der Waals surface area contributed by atoms with E-state index in [1.165, 1.54) is 89.2 Å². The van der Waals surface area contributed by atoms with Crippen molar-refractivity contribution in [2.45, 2.75) is 146 Å². The minimum atomic E-state index is -0.578. The Kier molecular flexibility index (Phi) is 28.3. The van der Waals surface area contributed by atoms with Crippen LogP contribution in [0.25, 0.3) is 34.2 Å². The number of nitrogens with zero attached hydrogens (tertiary/aromatic N) is 20. The normalized spacial score (nSPS) is 22.9. The van der Waals surface area contributed by atoms with Crippen LogP contribution in [0.1, 0.15) is 133 Å². The second kappa shape index (κ2) is 42.1. The average molecular weight is 2130 g/mol. The fourth-order valence-corrected chi connectivity index (χ4v) is 22.3. The lowest BCUT2D eigenvalue weighted by Crippen LogP contribution is -2.47. The van der Waals surface area contributed by atoms with E-state index in [2.05, 4.69) is 113 Å². The summed E-state index contributed by atoms with van der Waals surface area (Å²) in [5.74, 6) is 1.41. The highest BCUT2D eigenvalue weighted by Gasteiger charge is 2.55. The molecule has 5 amide bonds. The van der Waals surface area contributed by atoms with Gasteiger partial charge in [-0.2, -0.15) is 30.0 Å². The molecule has 10 fully saturated rings. The smallest absolute Gasteiger partial charge is 0.259 e. The first kappa shape index (κ1) is 96.2. The van der Waals surface area contributed by atoms with E-state index in [0.717, 1.165) is 89.8 Å². The Morgan fingerprint density at radius 2 is 0.650 bits per heavy atom. The van der Waals surface area contributed by atoms with Gasteiger partial charge in [0, 0.05) is 139 Å². The largest absolute Gasteiger partial charge is 0.472 e. The molecule has 15 unspecified atom stereocenters. The third kappa shape index (κ3) is 20.9. The minimum absolute atomic E-state index is 0.00997. The molecule has 5 saturated heterocycles. The van der Waals surface area contributed by atoms with Gasteiger partial charge < -0.3 is 48.2 Å². The van der Waals surface area contributed by atoms with Crippen LogP contribution in [0.4, 0.5) is 22.0 Å². The van der Waals surface area contributed by atoms with Gasteiger partial charge in [0.1, 0.15) is 76.5 Å². The first-order chi connectivity index (χ1) is 69.4. The van der Waals surface area contributed by atoms with E-state index < -0.39 is 29.1 Å². The monoisotopic (exact) mass is 2130 g/mol. The van der Waals surface area contributed by atoms with Gasteiger partial charge in [-0.15, -0.1) is 0 Å². The highest BCUT2D eigenvalue weighted by molar-refractivity contribution is 9.11. The van der Waals surface area contributed by atoms with Gasteiger partial charge in [-0.05, 0) is 258 Å². The zero-order valence-corrected chi connectivity index (χ0v) is 82.2. The number of fused-ring (bicyclic) bond motifs is 10. The molecule has 5 aliphatic heterocycles. The van der Waals surface area contributed by atoms with Crippen LogP contribution in [0.2, 0.25) is 0 Å². The van der Waals surface area contributed by atoms with Gasteiger partial charge in [-0.25, -0.2) is 66.8 Å². The maximum Gasteiger partial charge on any atom is 0.259 e. The number of rotatable bonds is 19. The molecule has 0 spiro atoms. The average Bonchev–Trinajstić information content (AvgIpc) is 1.64. The molecular weight excluding hydrogens is 2040 g/mol. The summed E-state index contributed by atoms with van der Waals surface area (Å²) < 4.78 is 104. The highest BCUT2D eigenvalue weighted by atomic mass is 79.9. The summed E-state index contributed by atoms with van der Waals surface area (Å²) in [7, 11) is 0. The lowest BCUT2D eigenvalue weighted by molar-refractivity contribution is 0.0459. The molecule has 30 nitrogen and oxygen atoms in total. The zero-order chi connectivity index (χ0) is 98.8. The Morgan fingerprint density at radius 3 is 1.06 bits per heavy atom. The Labute approximate surface area is 843 Å². The fraction of sp³-hybridized carbons (Fsp3) is 0.314. The molecule has 9 aromatic heterocycles. The summed E-state index contributed by atoms with van der Waals surface area (Å²) in [5, 5.41) is 16.2. The molecule has 730 valence electrons. The summed E-state index contributed by atoms with van der Waals surface area (Å²) >= 11 is 9.92. The summed E-state index contributed by atoms with van der Waals surface area (Å²) in [6.07, 6.45) is 29.1. The number of hydrogen-bond donors (Lipinski definition) is 0. The van der Waals surface area contributed by atoms with Gasteiger partial charge in [-0.1, -0.05) is 48.5 Å². The molecule has 38 heteroatoms. The lowest BCUT2D eigenvalue weighted by atomic mass is 10.0. The van der Waals surface area contributed by atoms with Crippen molar-refractivity contribution in [1.82, 2.24) is 99.3 Å². The van der Waals surface area contributed by atoms with Crippen LogP contribution in [0.3, 0.4) is 0 Å². The number of aromatic nitrogens is 15. The van der Waals surface area contributed by atoms with Crippen LogP contribution in [0, 0.1) is 79.4 Å². The molecule has 0 radical (unpaired) electrons. The molecular formula is C105H94Br3F5N20O10. The van der Waals surface area contributed by atoms with E-state index >= 15 is 0 Å². The van der Waals surface area contributed by atoms with Crippen LogP contribution in [0.5, 0.6) is 29.4 Å². The number of carbonyl (C=O) groups is 5. The Hall–Kier alpha value is -14.3. The zero-order valence-electron chi connectivity index (χ0n) is 77.4. The van der Waals surface area contributed by atoms with Crippen molar-refractivity contribution in [1.29, 1.82) is 0 Å². The third-order valence-electron chi connectivity index (χ3n) is 27.8. The second-order valence-electron chi connectivity index (χ2n) is 37.2. The molecule has 5 aliphatic carbocycles. The van der Waals surface area contributed by atoms with Crippen molar-refractivity contribution in [2.75, 3.05) is 32.7 Å². The van der Waals surface area contributed by atoms with Gasteiger partial charge in [0.05, 0.1) is 87.3 Å². The number of amides is 5. The molecule has 0 N–H and O–H groups in total. The quantitative estimate of drug-likeness (QED) is 0.0679. The molecule has 143 heavy (non-hydrogen) atoms. The molecule has 24 rings (SSSR count). The van der Waals surface area contributed by atoms with Crippen molar-refractivity contribution in [3.8, 4) is 63.6 Å². The van der Waals surface area contributed by atoms with Crippen molar-refractivity contribution in [3.05, 3.63) is 331 Å². The van der Waals surface area contributed by atoms with Gasteiger partial charge in [0.25, 0.3) is 29.5 Å². The van der Waals surface area contributed by atoms with Crippen molar-refractivity contribution >= 4 is 77.3 Å². The predicted octanol–water partition coefficient (Wildman–Crippen LogP) is 17.8. The number of hydrogen-bond acceptors (Lipinski definition) is 23. The summed E-state index contributed by atoms with van der Waals surface area (Å²) in [5.41, 5.74) is 5.42. The van der Waals surface area contributed by atoms with Crippen molar-refractivity contribution in [3.63, 3.8) is 0 Å². The Balaban J connectivity index is 0.000000109. The van der Waals surface area contributed by atoms with Gasteiger partial charge in [-0.3, -0.25) is 24.0 Å². The Bertz CT molecular complexity index is 6930.